The molecule has 1 aliphatic heterocycles. The SMILES string of the molecule is Cc1ccc(S(=O)(=O)N2CCN(C[C@H](O)COCc3ccco3)CC2)cc1. The first-order valence-corrected chi connectivity index (χ1v) is 10.5. The summed E-state index contributed by atoms with van der Waals surface area (Å²) in [6, 6.07) is 10.5. The molecule has 2 heterocycles. The second kappa shape index (κ2) is 8.99. The number of aryl methyl sites for hydroxylation is 1. The molecule has 1 N–H and O–H groups in total. The number of aliphatic hydroxyl groups is 1. The van der Waals surface area contributed by atoms with Gasteiger partial charge in [-0.25, -0.2) is 8.42 Å². The van der Waals surface area contributed by atoms with E-state index in [1.54, 1.807) is 24.5 Å². The fourth-order valence-corrected chi connectivity index (χ4v) is 4.47. The molecule has 1 fully saturated rings. The molecule has 0 unspecified atom stereocenters. The van der Waals surface area contributed by atoms with Gasteiger partial charge in [0.15, 0.2) is 0 Å². The zero-order valence-electron chi connectivity index (χ0n) is 15.5. The van der Waals surface area contributed by atoms with Crippen molar-refractivity contribution in [2.45, 2.75) is 24.5 Å². The third-order valence-corrected chi connectivity index (χ3v) is 6.51. The molecule has 8 heteroatoms. The molecule has 3 rings (SSSR count). The van der Waals surface area contributed by atoms with Crippen molar-refractivity contribution in [2.24, 2.45) is 0 Å². The molecule has 148 valence electrons. The molecule has 27 heavy (non-hydrogen) atoms. The molecule has 0 aliphatic carbocycles. The average Bonchev–Trinajstić information content (AvgIpc) is 3.16. The van der Waals surface area contributed by atoms with Gasteiger partial charge >= 0.3 is 0 Å². The first-order valence-electron chi connectivity index (χ1n) is 9.02. The lowest BCUT2D eigenvalue weighted by Gasteiger charge is -2.34. The van der Waals surface area contributed by atoms with Crippen molar-refractivity contribution in [1.29, 1.82) is 0 Å². The normalized spacial score (nSPS) is 17.9. The van der Waals surface area contributed by atoms with Crippen LogP contribution in [0.5, 0.6) is 0 Å². The zero-order valence-corrected chi connectivity index (χ0v) is 16.3. The number of furan rings is 1. The van der Waals surface area contributed by atoms with Gasteiger partial charge in [-0.2, -0.15) is 4.31 Å². The van der Waals surface area contributed by atoms with Crippen LogP contribution >= 0.6 is 0 Å². The van der Waals surface area contributed by atoms with Crippen LogP contribution in [0.2, 0.25) is 0 Å². The number of rotatable bonds is 8. The van der Waals surface area contributed by atoms with E-state index >= 15 is 0 Å². The number of sulfonamides is 1. The average molecular weight is 394 g/mol. The van der Waals surface area contributed by atoms with Gasteiger partial charge in [-0.15, -0.1) is 0 Å². The van der Waals surface area contributed by atoms with Crippen molar-refractivity contribution in [3.63, 3.8) is 0 Å². The third kappa shape index (κ3) is 5.40. The Labute approximate surface area is 160 Å². The minimum atomic E-state index is -3.46. The van der Waals surface area contributed by atoms with Crippen molar-refractivity contribution in [1.82, 2.24) is 9.21 Å². The quantitative estimate of drug-likeness (QED) is 0.730. The van der Waals surface area contributed by atoms with E-state index in [-0.39, 0.29) is 6.61 Å². The Kier molecular flexibility index (Phi) is 6.67. The summed E-state index contributed by atoms with van der Waals surface area (Å²) < 4.78 is 37.5. The summed E-state index contributed by atoms with van der Waals surface area (Å²) in [4.78, 5) is 2.38. The van der Waals surface area contributed by atoms with E-state index in [4.69, 9.17) is 9.15 Å². The Balaban J connectivity index is 1.43. The summed E-state index contributed by atoms with van der Waals surface area (Å²) in [6.45, 7) is 4.91. The number of β-amino-alcohol motifs (C(OH)–C–C–N with tert-alkyl or cyclic N) is 1. The monoisotopic (exact) mass is 394 g/mol. The van der Waals surface area contributed by atoms with Gasteiger partial charge in [0.2, 0.25) is 10.0 Å². The largest absolute Gasteiger partial charge is 0.467 e. The molecule has 0 amide bonds. The topological polar surface area (TPSA) is 83.2 Å². The molecule has 0 radical (unpaired) electrons. The van der Waals surface area contributed by atoms with E-state index in [0.717, 1.165) is 11.3 Å². The molecule has 1 atom stereocenters. The Morgan fingerprint density at radius 1 is 1.15 bits per heavy atom. The molecule has 0 bridgehead atoms. The predicted molar refractivity (Wildman–Crippen MR) is 101 cm³/mol. The van der Waals surface area contributed by atoms with Crippen molar-refractivity contribution >= 4 is 10.0 Å². The van der Waals surface area contributed by atoms with Crippen LogP contribution in [0.4, 0.5) is 0 Å². The molecule has 1 aromatic carbocycles. The van der Waals surface area contributed by atoms with Crippen molar-refractivity contribution in [2.75, 3.05) is 39.3 Å². The van der Waals surface area contributed by atoms with Crippen LogP contribution in [-0.2, 0) is 21.4 Å². The van der Waals surface area contributed by atoms with Gasteiger partial charge in [-0.3, -0.25) is 4.90 Å². The molecule has 0 spiro atoms. The molecular formula is C19H26N2O5S. The Morgan fingerprint density at radius 2 is 1.85 bits per heavy atom. The summed E-state index contributed by atoms with van der Waals surface area (Å²) in [5.41, 5.74) is 1.03. The first-order chi connectivity index (χ1) is 12.9. The Bertz CT molecular complexity index is 797. The van der Waals surface area contributed by atoms with Gasteiger partial charge in [-0.1, -0.05) is 17.7 Å². The first kappa shape index (κ1) is 20.0. The number of nitrogens with zero attached hydrogens (tertiary/aromatic N) is 2. The lowest BCUT2D eigenvalue weighted by atomic mass is 10.2. The summed E-state index contributed by atoms with van der Waals surface area (Å²) in [5.74, 6) is 0.720. The van der Waals surface area contributed by atoms with Crippen LogP contribution in [-0.4, -0.2) is 68.2 Å². The zero-order chi connectivity index (χ0) is 19.3. The molecule has 7 nitrogen and oxygen atoms in total. The highest BCUT2D eigenvalue weighted by Gasteiger charge is 2.28. The second-order valence-electron chi connectivity index (χ2n) is 6.77. The lowest BCUT2D eigenvalue weighted by molar-refractivity contribution is 0.00100. The van der Waals surface area contributed by atoms with Crippen LogP contribution in [0, 0.1) is 6.92 Å². The summed E-state index contributed by atoms with van der Waals surface area (Å²) in [5, 5.41) is 10.1. The fraction of sp³-hybridized carbons (Fsp3) is 0.474. The maximum atomic E-state index is 12.7. The lowest BCUT2D eigenvalue weighted by Crippen LogP contribution is -2.50. The summed E-state index contributed by atoms with van der Waals surface area (Å²) >= 11 is 0. The van der Waals surface area contributed by atoms with E-state index in [1.165, 1.54) is 4.31 Å². The van der Waals surface area contributed by atoms with Gasteiger partial charge in [0.05, 0.1) is 23.9 Å². The van der Waals surface area contributed by atoms with Crippen molar-refractivity contribution in [3.05, 3.63) is 54.0 Å². The van der Waals surface area contributed by atoms with Crippen LogP contribution in [0.1, 0.15) is 11.3 Å². The maximum absolute atomic E-state index is 12.7. The fourth-order valence-electron chi connectivity index (χ4n) is 3.05. The Morgan fingerprint density at radius 3 is 2.48 bits per heavy atom. The van der Waals surface area contributed by atoms with E-state index in [1.807, 2.05) is 25.1 Å². The van der Waals surface area contributed by atoms with Gasteiger partial charge in [0.25, 0.3) is 0 Å². The highest BCUT2D eigenvalue weighted by atomic mass is 32.2. The number of hydrogen-bond acceptors (Lipinski definition) is 6. The van der Waals surface area contributed by atoms with E-state index in [0.29, 0.717) is 44.2 Å². The minimum Gasteiger partial charge on any atom is -0.467 e. The van der Waals surface area contributed by atoms with Crippen LogP contribution in [0.3, 0.4) is 0 Å². The maximum Gasteiger partial charge on any atom is 0.243 e. The van der Waals surface area contributed by atoms with Crippen LogP contribution in [0.25, 0.3) is 0 Å². The Hall–Kier alpha value is -1.71. The highest BCUT2D eigenvalue weighted by Crippen LogP contribution is 2.18. The number of piperazine rings is 1. The molecule has 0 saturated carbocycles. The molecule has 1 aromatic heterocycles. The second-order valence-corrected chi connectivity index (χ2v) is 8.70. The summed E-state index contributed by atoms with van der Waals surface area (Å²) in [7, 11) is -3.46. The summed E-state index contributed by atoms with van der Waals surface area (Å²) in [6.07, 6.45) is 0.958. The molecule has 2 aromatic rings. The van der Waals surface area contributed by atoms with Gasteiger partial charge in [0, 0.05) is 32.7 Å². The van der Waals surface area contributed by atoms with Gasteiger partial charge < -0.3 is 14.3 Å². The van der Waals surface area contributed by atoms with Gasteiger partial charge in [0.1, 0.15) is 12.4 Å². The minimum absolute atomic E-state index is 0.211. The highest BCUT2D eigenvalue weighted by molar-refractivity contribution is 7.89. The smallest absolute Gasteiger partial charge is 0.243 e. The predicted octanol–water partition coefficient (Wildman–Crippen LogP) is 1.47. The van der Waals surface area contributed by atoms with E-state index < -0.39 is 16.1 Å². The van der Waals surface area contributed by atoms with Crippen LogP contribution in [0.15, 0.2) is 52.0 Å². The van der Waals surface area contributed by atoms with E-state index in [9.17, 15) is 13.5 Å². The van der Waals surface area contributed by atoms with Crippen molar-refractivity contribution < 1.29 is 22.7 Å². The molecule has 1 saturated heterocycles. The number of aliphatic hydroxyl groups excluding tert-OH is 1. The number of ether oxygens (including phenoxy) is 1. The molecular weight excluding hydrogens is 368 g/mol. The third-order valence-electron chi connectivity index (χ3n) is 4.59. The number of benzene rings is 1. The number of hydrogen-bond donors (Lipinski definition) is 1. The van der Waals surface area contributed by atoms with Gasteiger partial charge in [-0.05, 0) is 31.2 Å². The van der Waals surface area contributed by atoms with Crippen molar-refractivity contribution in [3.8, 4) is 0 Å². The molecule has 1 aliphatic rings. The standard InChI is InChI=1S/C19H26N2O5S/c1-16-4-6-19(7-5-16)27(23,24)21-10-8-20(9-11-21)13-17(22)14-25-15-18-3-2-12-26-18/h2-7,12,17,22H,8-11,13-15H2,1H3/t17-/m0/s1. The van der Waals surface area contributed by atoms with E-state index in [2.05, 4.69) is 4.90 Å². The van der Waals surface area contributed by atoms with Crippen LogP contribution < -0.4 is 0 Å².